The summed E-state index contributed by atoms with van der Waals surface area (Å²) in [5.41, 5.74) is 0. The largest absolute Gasteiger partial charge is 0.377 e. The molecule has 0 aliphatic heterocycles. The Morgan fingerprint density at radius 1 is 1.11 bits per heavy atom. The molecule has 1 N–H and O–H groups in total. The molecule has 0 aromatic carbocycles. The van der Waals surface area contributed by atoms with Crippen molar-refractivity contribution in [1.29, 1.82) is 0 Å². The van der Waals surface area contributed by atoms with E-state index in [2.05, 4.69) is 19.2 Å². The van der Waals surface area contributed by atoms with Crippen LogP contribution in [0.5, 0.6) is 0 Å². The molecule has 2 unspecified atom stereocenters. The van der Waals surface area contributed by atoms with E-state index in [0.717, 1.165) is 32.2 Å². The maximum atomic E-state index is 11.2. The molecule has 0 spiro atoms. The summed E-state index contributed by atoms with van der Waals surface area (Å²) in [5.74, 6) is 0.266. The molecule has 0 bridgehead atoms. The standard InChI is InChI=1S/C14H31NO3S/c1-5-9-14(18-7-3)13(15-11-6-2)10-8-12-19(4,16)17/h13-15H,5-12H2,1-4H3. The van der Waals surface area contributed by atoms with Crippen LogP contribution < -0.4 is 5.32 Å². The van der Waals surface area contributed by atoms with E-state index in [1.165, 1.54) is 6.26 Å². The van der Waals surface area contributed by atoms with Crippen LogP contribution >= 0.6 is 0 Å². The Morgan fingerprint density at radius 2 is 1.79 bits per heavy atom. The molecule has 0 radical (unpaired) electrons. The zero-order valence-corrected chi connectivity index (χ0v) is 13.8. The van der Waals surface area contributed by atoms with Gasteiger partial charge in [0.15, 0.2) is 0 Å². The van der Waals surface area contributed by atoms with Gasteiger partial charge in [-0.05, 0) is 39.2 Å². The highest BCUT2D eigenvalue weighted by Gasteiger charge is 2.20. The second kappa shape index (κ2) is 10.6. The van der Waals surface area contributed by atoms with Crippen LogP contribution in [0.15, 0.2) is 0 Å². The van der Waals surface area contributed by atoms with E-state index in [4.69, 9.17) is 4.74 Å². The van der Waals surface area contributed by atoms with Crippen LogP contribution in [0.3, 0.4) is 0 Å². The van der Waals surface area contributed by atoms with Crippen molar-refractivity contribution in [3.05, 3.63) is 0 Å². The smallest absolute Gasteiger partial charge is 0.147 e. The average molecular weight is 293 g/mol. The van der Waals surface area contributed by atoms with Gasteiger partial charge in [0.25, 0.3) is 0 Å². The van der Waals surface area contributed by atoms with E-state index in [1.807, 2.05) is 6.92 Å². The summed E-state index contributed by atoms with van der Waals surface area (Å²) < 4.78 is 28.2. The summed E-state index contributed by atoms with van der Waals surface area (Å²) in [7, 11) is -2.86. The lowest BCUT2D eigenvalue weighted by Gasteiger charge is -2.28. The second-order valence-electron chi connectivity index (χ2n) is 5.12. The fourth-order valence-corrected chi connectivity index (χ4v) is 2.90. The van der Waals surface area contributed by atoms with Gasteiger partial charge in [-0.25, -0.2) is 8.42 Å². The van der Waals surface area contributed by atoms with Crippen molar-refractivity contribution in [2.45, 2.75) is 65.0 Å². The molecule has 116 valence electrons. The molecular formula is C14H31NO3S. The van der Waals surface area contributed by atoms with E-state index in [0.29, 0.717) is 13.0 Å². The van der Waals surface area contributed by atoms with Gasteiger partial charge in [-0.3, -0.25) is 0 Å². The van der Waals surface area contributed by atoms with Gasteiger partial charge in [0, 0.05) is 24.7 Å². The van der Waals surface area contributed by atoms with Crippen molar-refractivity contribution in [1.82, 2.24) is 5.32 Å². The average Bonchev–Trinajstić information content (AvgIpc) is 2.32. The first-order valence-corrected chi connectivity index (χ1v) is 9.53. The van der Waals surface area contributed by atoms with Crippen LogP contribution in [0.4, 0.5) is 0 Å². The predicted octanol–water partition coefficient (Wildman–Crippen LogP) is 2.38. The van der Waals surface area contributed by atoms with Crippen molar-refractivity contribution in [3.8, 4) is 0 Å². The monoisotopic (exact) mass is 293 g/mol. The maximum Gasteiger partial charge on any atom is 0.147 e. The van der Waals surface area contributed by atoms with E-state index in [9.17, 15) is 8.42 Å². The number of ether oxygens (including phenoxy) is 1. The summed E-state index contributed by atoms with van der Waals surface area (Å²) in [6.07, 6.45) is 6.24. The molecule has 2 atom stereocenters. The lowest BCUT2D eigenvalue weighted by Crippen LogP contribution is -2.42. The van der Waals surface area contributed by atoms with Crippen molar-refractivity contribution in [3.63, 3.8) is 0 Å². The first kappa shape index (κ1) is 18.9. The Kier molecular flexibility index (Phi) is 10.6. The molecule has 0 heterocycles. The minimum absolute atomic E-state index is 0.195. The van der Waals surface area contributed by atoms with Crippen LogP contribution in [0, 0.1) is 0 Å². The molecule has 0 aliphatic rings. The van der Waals surface area contributed by atoms with Crippen molar-refractivity contribution < 1.29 is 13.2 Å². The Bertz CT molecular complexity index is 298. The first-order chi connectivity index (χ1) is 8.94. The zero-order valence-electron chi connectivity index (χ0n) is 12.9. The van der Waals surface area contributed by atoms with Crippen molar-refractivity contribution in [2.75, 3.05) is 25.2 Å². The number of hydrogen-bond donors (Lipinski definition) is 1. The Hall–Kier alpha value is -0.130. The molecule has 5 heteroatoms. The minimum Gasteiger partial charge on any atom is -0.377 e. The predicted molar refractivity (Wildman–Crippen MR) is 81.3 cm³/mol. The molecule has 0 fully saturated rings. The van der Waals surface area contributed by atoms with Crippen LogP contribution in [0.25, 0.3) is 0 Å². The summed E-state index contributed by atoms with van der Waals surface area (Å²) in [6, 6.07) is 0.265. The second-order valence-corrected chi connectivity index (χ2v) is 7.37. The van der Waals surface area contributed by atoms with Gasteiger partial charge in [0.05, 0.1) is 6.10 Å². The van der Waals surface area contributed by atoms with Crippen molar-refractivity contribution in [2.24, 2.45) is 0 Å². The van der Waals surface area contributed by atoms with Crippen LogP contribution in [0.1, 0.15) is 52.9 Å². The SMILES string of the molecule is CCCNC(CCCS(C)(=O)=O)C(CCC)OCC. The molecule has 4 nitrogen and oxygen atoms in total. The van der Waals surface area contributed by atoms with Gasteiger partial charge in [-0.15, -0.1) is 0 Å². The van der Waals surface area contributed by atoms with Gasteiger partial charge < -0.3 is 10.1 Å². The summed E-state index contributed by atoms with van der Waals surface area (Å²) in [4.78, 5) is 0. The fraction of sp³-hybridized carbons (Fsp3) is 1.00. The van der Waals surface area contributed by atoms with Gasteiger partial charge in [0.1, 0.15) is 9.84 Å². The van der Waals surface area contributed by atoms with Gasteiger partial charge >= 0.3 is 0 Å². The van der Waals surface area contributed by atoms with Crippen LogP contribution in [-0.4, -0.2) is 45.7 Å². The molecule has 0 amide bonds. The number of sulfone groups is 1. The molecule has 0 aromatic heterocycles. The number of hydrogen-bond acceptors (Lipinski definition) is 4. The molecular weight excluding hydrogens is 262 g/mol. The Morgan fingerprint density at radius 3 is 2.26 bits per heavy atom. The lowest BCUT2D eigenvalue weighted by atomic mass is 10.0. The molecule has 19 heavy (non-hydrogen) atoms. The third kappa shape index (κ3) is 10.3. The summed E-state index contributed by atoms with van der Waals surface area (Å²) in [6.45, 7) is 7.96. The van der Waals surface area contributed by atoms with Gasteiger partial charge in [-0.2, -0.15) is 0 Å². The summed E-state index contributed by atoms with van der Waals surface area (Å²) in [5, 5.41) is 3.51. The molecule has 0 rings (SSSR count). The quantitative estimate of drug-likeness (QED) is 0.600. The molecule has 0 aromatic rings. The fourth-order valence-electron chi connectivity index (χ4n) is 2.21. The Labute approximate surface area is 119 Å². The third-order valence-corrected chi connectivity index (χ3v) is 4.12. The van der Waals surface area contributed by atoms with Crippen molar-refractivity contribution >= 4 is 9.84 Å². The third-order valence-electron chi connectivity index (χ3n) is 3.09. The molecule has 0 aliphatic carbocycles. The normalized spacial score (nSPS) is 15.4. The highest BCUT2D eigenvalue weighted by atomic mass is 32.2. The van der Waals surface area contributed by atoms with E-state index < -0.39 is 9.84 Å². The summed E-state index contributed by atoms with van der Waals surface area (Å²) >= 11 is 0. The topological polar surface area (TPSA) is 55.4 Å². The molecule has 0 saturated carbocycles. The number of rotatable bonds is 12. The van der Waals surface area contributed by atoms with E-state index in [1.54, 1.807) is 0 Å². The minimum atomic E-state index is -2.86. The number of nitrogens with one attached hydrogen (secondary N) is 1. The first-order valence-electron chi connectivity index (χ1n) is 7.47. The maximum absolute atomic E-state index is 11.2. The van der Waals surface area contributed by atoms with Crippen LogP contribution in [-0.2, 0) is 14.6 Å². The van der Waals surface area contributed by atoms with Gasteiger partial charge in [-0.1, -0.05) is 20.3 Å². The lowest BCUT2D eigenvalue weighted by molar-refractivity contribution is 0.0258. The van der Waals surface area contributed by atoms with E-state index in [-0.39, 0.29) is 17.9 Å². The zero-order chi connectivity index (χ0) is 14.7. The molecule has 0 saturated heterocycles. The van der Waals surface area contributed by atoms with Gasteiger partial charge in [0.2, 0.25) is 0 Å². The highest BCUT2D eigenvalue weighted by molar-refractivity contribution is 7.90. The Balaban J connectivity index is 4.39. The van der Waals surface area contributed by atoms with Crippen LogP contribution in [0.2, 0.25) is 0 Å². The highest BCUT2D eigenvalue weighted by Crippen LogP contribution is 2.13. The van der Waals surface area contributed by atoms with E-state index >= 15 is 0 Å².